The molecule has 3 N–H and O–H groups in total. The van der Waals surface area contributed by atoms with E-state index in [4.69, 9.17) is 11.6 Å². The Morgan fingerprint density at radius 2 is 2.10 bits per heavy atom. The molecule has 0 saturated carbocycles. The van der Waals surface area contributed by atoms with E-state index in [0.717, 1.165) is 24.1 Å². The lowest BCUT2D eigenvalue weighted by molar-refractivity contribution is -0.136. The highest BCUT2D eigenvalue weighted by Gasteiger charge is 2.36. The fraction of sp³-hybridized carbons (Fsp3) is 0.409. The molecule has 0 aliphatic carbocycles. The van der Waals surface area contributed by atoms with Gasteiger partial charge in [-0.25, -0.2) is 10.9 Å². The second-order valence-electron chi connectivity index (χ2n) is 7.96. The number of amides is 2. The second kappa shape index (κ2) is 9.12. The zero-order chi connectivity index (χ0) is 21.1. The number of carbonyl (C=O) groups is 2. The number of nitrogens with zero attached hydrogens (tertiary/aromatic N) is 2. The normalized spacial score (nSPS) is 23.9. The summed E-state index contributed by atoms with van der Waals surface area (Å²) in [6.07, 6.45) is 3.96. The maximum atomic E-state index is 13.0. The minimum atomic E-state index is -0.324. The van der Waals surface area contributed by atoms with Gasteiger partial charge >= 0.3 is 0 Å². The van der Waals surface area contributed by atoms with Gasteiger partial charge in [0.1, 0.15) is 6.04 Å². The van der Waals surface area contributed by atoms with E-state index in [1.165, 1.54) is 0 Å². The van der Waals surface area contributed by atoms with Crippen molar-refractivity contribution in [2.45, 2.75) is 38.3 Å². The van der Waals surface area contributed by atoms with Crippen LogP contribution in [0.2, 0.25) is 5.02 Å². The first-order chi connectivity index (χ1) is 14.5. The fourth-order valence-corrected chi connectivity index (χ4v) is 4.20. The monoisotopic (exact) mass is 427 g/mol. The Morgan fingerprint density at radius 3 is 2.87 bits per heavy atom. The quantitative estimate of drug-likeness (QED) is 0.698. The van der Waals surface area contributed by atoms with Crippen molar-refractivity contribution < 1.29 is 9.59 Å². The Bertz CT molecular complexity index is 923. The average Bonchev–Trinajstić information content (AvgIpc) is 3.27. The Kier molecular flexibility index (Phi) is 6.32. The highest BCUT2D eigenvalue weighted by atomic mass is 35.5. The third-order valence-corrected chi connectivity index (χ3v) is 6.20. The van der Waals surface area contributed by atoms with E-state index in [1.807, 2.05) is 37.3 Å². The van der Waals surface area contributed by atoms with Crippen LogP contribution in [0.25, 0.3) is 0 Å². The summed E-state index contributed by atoms with van der Waals surface area (Å²) in [5, 5.41) is 3.56. The molecular formula is C22H26ClN5O2. The number of aryl methyl sites for hydroxylation is 1. The van der Waals surface area contributed by atoms with Crippen LogP contribution in [0.4, 0.5) is 5.69 Å². The summed E-state index contributed by atoms with van der Waals surface area (Å²) in [5.41, 5.74) is 8.82. The number of piperidine rings is 1. The van der Waals surface area contributed by atoms with Gasteiger partial charge in [-0.15, -0.1) is 0 Å². The maximum absolute atomic E-state index is 13.0. The molecule has 2 aromatic rings. The van der Waals surface area contributed by atoms with E-state index in [-0.39, 0.29) is 29.8 Å². The van der Waals surface area contributed by atoms with Crippen molar-refractivity contribution in [1.29, 1.82) is 0 Å². The number of anilines is 1. The number of hydrogen-bond donors (Lipinski definition) is 3. The van der Waals surface area contributed by atoms with E-state index in [0.29, 0.717) is 30.2 Å². The minimum Gasteiger partial charge on any atom is -0.341 e. The first-order valence-corrected chi connectivity index (χ1v) is 10.7. The van der Waals surface area contributed by atoms with Gasteiger partial charge in [-0.3, -0.25) is 14.6 Å². The molecule has 2 fully saturated rings. The molecule has 2 aliphatic rings. The highest BCUT2D eigenvalue weighted by Crippen LogP contribution is 2.25. The van der Waals surface area contributed by atoms with Crippen molar-refractivity contribution in [2.24, 2.45) is 5.92 Å². The summed E-state index contributed by atoms with van der Waals surface area (Å²) in [4.78, 5) is 32.0. The molecule has 3 heterocycles. The second-order valence-corrected chi connectivity index (χ2v) is 8.37. The molecule has 158 valence electrons. The Labute approximate surface area is 181 Å². The Hall–Kier alpha value is -2.48. The lowest BCUT2D eigenvalue weighted by Gasteiger charge is -2.33. The van der Waals surface area contributed by atoms with Crippen molar-refractivity contribution in [3.63, 3.8) is 0 Å². The van der Waals surface area contributed by atoms with Crippen LogP contribution in [0.3, 0.4) is 0 Å². The van der Waals surface area contributed by atoms with Crippen LogP contribution >= 0.6 is 11.6 Å². The number of halogens is 1. The Balaban J connectivity index is 1.34. The van der Waals surface area contributed by atoms with Crippen LogP contribution in [-0.2, 0) is 9.59 Å². The molecule has 0 radical (unpaired) electrons. The van der Waals surface area contributed by atoms with Gasteiger partial charge in [-0.2, -0.15) is 0 Å². The third kappa shape index (κ3) is 4.64. The zero-order valence-corrected chi connectivity index (χ0v) is 17.7. The van der Waals surface area contributed by atoms with Crippen molar-refractivity contribution in [3.05, 3.63) is 58.9 Å². The van der Waals surface area contributed by atoms with Crippen LogP contribution in [0.15, 0.2) is 42.6 Å². The molecule has 8 heteroatoms. The topological polar surface area (TPSA) is 86.4 Å². The SMILES string of the molecule is Cc1ccc(NC(=O)C2CCCN(C(=O)C3CC(c4ccccn4)NN3)C2)cc1Cl. The largest absolute Gasteiger partial charge is 0.341 e. The number of rotatable bonds is 4. The predicted octanol–water partition coefficient (Wildman–Crippen LogP) is 2.83. The van der Waals surface area contributed by atoms with Crippen LogP contribution < -0.4 is 16.2 Å². The molecule has 1 aromatic heterocycles. The lowest BCUT2D eigenvalue weighted by Crippen LogP contribution is -2.50. The smallest absolute Gasteiger partial charge is 0.241 e. The molecule has 4 rings (SSSR count). The lowest BCUT2D eigenvalue weighted by atomic mass is 9.95. The summed E-state index contributed by atoms with van der Waals surface area (Å²) in [6.45, 7) is 3.02. The van der Waals surface area contributed by atoms with E-state index in [2.05, 4.69) is 21.2 Å². The first kappa shape index (κ1) is 20.8. The van der Waals surface area contributed by atoms with Crippen molar-refractivity contribution >= 4 is 29.1 Å². The average molecular weight is 428 g/mol. The summed E-state index contributed by atoms with van der Waals surface area (Å²) in [6, 6.07) is 10.9. The van der Waals surface area contributed by atoms with E-state index < -0.39 is 0 Å². The van der Waals surface area contributed by atoms with Crippen molar-refractivity contribution in [1.82, 2.24) is 20.7 Å². The molecule has 7 nitrogen and oxygen atoms in total. The molecule has 1 aromatic carbocycles. The molecule has 2 aliphatic heterocycles. The van der Waals surface area contributed by atoms with E-state index >= 15 is 0 Å². The van der Waals surface area contributed by atoms with Crippen LogP contribution in [0.5, 0.6) is 0 Å². The van der Waals surface area contributed by atoms with Crippen molar-refractivity contribution in [3.8, 4) is 0 Å². The number of likely N-dealkylation sites (tertiary alicyclic amines) is 1. The van der Waals surface area contributed by atoms with Gasteiger partial charge in [-0.1, -0.05) is 23.7 Å². The van der Waals surface area contributed by atoms with Gasteiger partial charge in [0.2, 0.25) is 11.8 Å². The number of pyridine rings is 1. The summed E-state index contributed by atoms with van der Waals surface area (Å²) < 4.78 is 0. The van der Waals surface area contributed by atoms with E-state index in [9.17, 15) is 9.59 Å². The highest BCUT2D eigenvalue weighted by molar-refractivity contribution is 6.31. The van der Waals surface area contributed by atoms with Crippen LogP contribution in [0, 0.1) is 12.8 Å². The van der Waals surface area contributed by atoms with Gasteiger partial charge in [0.25, 0.3) is 0 Å². The van der Waals surface area contributed by atoms with Crippen LogP contribution in [-0.4, -0.2) is 40.8 Å². The van der Waals surface area contributed by atoms with Gasteiger partial charge in [0, 0.05) is 30.0 Å². The van der Waals surface area contributed by atoms with Gasteiger partial charge in [0.15, 0.2) is 0 Å². The standard InChI is InChI=1S/C22H26ClN5O2/c1-14-7-8-16(11-17(14)23)25-21(29)15-5-4-10-28(13-15)22(30)20-12-19(26-27-20)18-6-2-3-9-24-18/h2-3,6-9,11,15,19-20,26-27H,4-5,10,12-13H2,1H3,(H,25,29). The number of aromatic nitrogens is 1. The maximum Gasteiger partial charge on any atom is 0.241 e. The van der Waals surface area contributed by atoms with Gasteiger partial charge in [0.05, 0.1) is 17.7 Å². The van der Waals surface area contributed by atoms with E-state index in [1.54, 1.807) is 17.2 Å². The molecule has 3 unspecified atom stereocenters. The fourth-order valence-electron chi connectivity index (χ4n) is 4.02. The molecule has 0 bridgehead atoms. The summed E-state index contributed by atoms with van der Waals surface area (Å²) >= 11 is 6.15. The number of carbonyl (C=O) groups excluding carboxylic acids is 2. The van der Waals surface area contributed by atoms with Gasteiger partial charge < -0.3 is 10.2 Å². The first-order valence-electron chi connectivity index (χ1n) is 10.3. The van der Waals surface area contributed by atoms with Crippen molar-refractivity contribution in [2.75, 3.05) is 18.4 Å². The molecule has 2 saturated heterocycles. The van der Waals surface area contributed by atoms with Gasteiger partial charge in [-0.05, 0) is 56.0 Å². The summed E-state index contributed by atoms with van der Waals surface area (Å²) in [7, 11) is 0. The molecule has 30 heavy (non-hydrogen) atoms. The number of hydrogen-bond acceptors (Lipinski definition) is 5. The minimum absolute atomic E-state index is 0.00433. The number of benzene rings is 1. The zero-order valence-electron chi connectivity index (χ0n) is 16.9. The number of hydrazine groups is 1. The molecule has 2 amide bonds. The van der Waals surface area contributed by atoms with Crippen LogP contribution in [0.1, 0.15) is 36.6 Å². The third-order valence-electron chi connectivity index (χ3n) is 5.79. The molecule has 0 spiro atoms. The summed E-state index contributed by atoms with van der Waals surface area (Å²) in [5.74, 6) is -0.281. The Morgan fingerprint density at radius 1 is 1.23 bits per heavy atom. The molecular weight excluding hydrogens is 402 g/mol. The number of nitrogens with one attached hydrogen (secondary N) is 3. The predicted molar refractivity (Wildman–Crippen MR) is 116 cm³/mol. The molecule has 3 atom stereocenters.